The summed E-state index contributed by atoms with van der Waals surface area (Å²) in [5.74, 6) is 2.87. The molecule has 15 heavy (non-hydrogen) atoms. The number of alkyl halides is 1. The molecule has 82 valence electrons. The van der Waals surface area contributed by atoms with Crippen LogP contribution < -0.4 is 0 Å². The second-order valence-electron chi connectivity index (χ2n) is 5.00. The standard InChI is InChI=1S/C11H16BrN3/c12-5-11-7-15(14-13-11)6-10-4-8-1-2-9(10)3-8/h7-10H,1-6H2. The predicted molar refractivity (Wildman–Crippen MR) is 61.6 cm³/mol. The summed E-state index contributed by atoms with van der Waals surface area (Å²) in [6.07, 6.45) is 7.90. The van der Waals surface area contributed by atoms with Crippen LogP contribution in [0.25, 0.3) is 0 Å². The average Bonchev–Trinajstić information content (AvgIpc) is 2.92. The van der Waals surface area contributed by atoms with Gasteiger partial charge < -0.3 is 0 Å². The van der Waals surface area contributed by atoms with Crippen LogP contribution in [0.1, 0.15) is 31.4 Å². The van der Waals surface area contributed by atoms with Gasteiger partial charge in [0.15, 0.2) is 0 Å². The summed E-state index contributed by atoms with van der Waals surface area (Å²) in [5.41, 5.74) is 1.04. The molecule has 0 aliphatic heterocycles. The van der Waals surface area contributed by atoms with Crippen molar-refractivity contribution >= 4 is 15.9 Å². The molecule has 2 aliphatic carbocycles. The molecular weight excluding hydrogens is 254 g/mol. The largest absolute Gasteiger partial charge is 0.252 e. The summed E-state index contributed by atoms with van der Waals surface area (Å²) in [6.45, 7) is 1.08. The summed E-state index contributed by atoms with van der Waals surface area (Å²) >= 11 is 3.40. The van der Waals surface area contributed by atoms with Gasteiger partial charge in [-0.05, 0) is 37.0 Å². The van der Waals surface area contributed by atoms with Crippen molar-refractivity contribution in [3.05, 3.63) is 11.9 Å². The minimum atomic E-state index is 0.809. The molecule has 0 aromatic carbocycles. The van der Waals surface area contributed by atoms with Crippen molar-refractivity contribution in [2.24, 2.45) is 17.8 Å². The average molecular weight is 270 g/mol. The van der Waals surface area contributed by atoms with Crippen LogP contribution in [0.5, 0.6) is 0 Å². The van der Waals surface area contributed by atoms with E-state index < -0.39 is 0 Å². The summed E-state index contributed by atoms with van der Waals surface area (Å²) in [7, 11) is 0. The Labute approximate surface area is 98.4 Å². The van der Waals surface area contributed by atoms with Crippen LogP contribution in [0.3, 0.4) is 0 Å². The van der Waals surface area contributed by atoms with Crippen molar-refractivity contribution < 1.29 is 0 Å². The first-order valence-electron chi connectivity index (χ1n) is 5.80. The lowest BCUT2D eigenvalue weighted by Gasteiger charge is -2.20. The highest BCUT2D eigenvalue weighted by molar-refractivity contribution is 9.08. The van der Waals surface area contributed by atoms with E-state index >= 15 is 0 Å². The van der Waals surface area contributed by atoms with Crippen LogP contribution in [-0.4, -0.2) is 15.0 Å². The first kappa shape index (κ1) is 9.82. The van der Waals surface area contributed by atoms with Crippen molar-refractivity contribution in [3.63, 3.8) is 0 Å². The van der Waals surface area contributed by atoms with Gasteiger partial charge in [0.25, 0.3) is 0 Å². The molecule has 1 aromatic heterocycles. The van der Waals surface area contributed by atoms with Crippen molar-refractivity contribution in [1.82, 2.24) is 15.0 Å². The molecule has 3 nitrogen and oxygen atoms in total. The Morgan fingerprint density at radius 2 is 2.33 bits per heavy atom. The van der Waals surface area contributed by atoms with Gasteiger partial charge in [0.2, 0.25) is 0 Å². The second kappa shape index (κ2) is 3.89. The number of rotatable bonds is 3. The molecule has 0 radical (unpaired) electrons. The van der Waals surface area contributed by atoms with Gasteiger partial charge in [-0.2, -0.15) is 0 Å². The zero-order valence-corrected chi connectivity index (χ0v) is 10.4. The third kappa shape index (κ3) is 1.84. The van der Waals surface area contributed by atoms with Crippen molar-refractivity contribution in [2.75, 3.05) is 0 Å². The predicted octanol–water partition coefficient (Wildman–Crippen LogP) is 2.61. The van der Waals surface area contributed by atoms with Gasteiger partial charge >= 0.3 is 0 Å². The SMILES string of the molecule is BrCc1cn(CC2CC3CCC2C3)nn1. The normalized spacial score (nSPS) is 33.8. The van der Waals surface area contributed by atoms with E-state index in [0.717, 1.165) is 35.3 Å². The Hall–Kier alpha value is -0.380. The van der Waals surface area contributed by atoms with E-state index in [1.165, 1.54) is 25.7 Å². The molecule has 0 saturated heterocycles. The Morgan fingerprint density at radius 1 is 1.40 bits per heavy atom. The molecule has 4 heteroatoms. The number of aromatic nitrogens is 3. The molecule has 3 atom stereocenters. The van der Waals surface area contributed by atoms with Crippen molar-refractivity contribution in [1.29, 1.82) is 0 Å². The van der Waals surface area contributed by atoms with Crippen molar-refractivity contribution in [3.8, 4) is 0 Å². The summed E-state index contributed by atoms with van der Waals surface area (Å²) in [4.78, 5) is 0. The van der Waals surface area contributed by atoms with E-state index in [4.69, 9.17) is 0 Å². The molecule has 0 amide bonds. The van der Waals surface area contributed by atoms with Crippen LogP contribution in [-0.2, 0) is 11.9 Å². The maximum absolute atomic E-state index is 4.17. The second-order valence-corrected chi connectivity index (χ2v) is 5.56. The third-order valence-corrected chi connectivity index (χ3v) is 4.60. The van der Waals surface area contributed by atoms with Crippen LogP contribution in [0.15, 0.2) is 6.20 Å². The van der Waals surface area contributed by atoms with E-state index in [-0.39, 0.29) is 0 Å². The van der Waals surface area contributed by atoms with E-state index in [0.29, 0.717) is 0 Å². The van der Waals surface area contributed by atoms with E-state index in [9.17, 15) is 0 Å². The topological polar surface area (TPSA) is 30.7 Å². The first-order valence-corrected chi connectivity index (χ1v) is 6.92. The van der Waals surface area contributed by atoms with Crippen LogP contribution in [0, 0.1) is 17.8 Å². The molecule has 0 spiro atoms. The molecule has 1 aromatic rings. The zero-order valence-electron chi connectivity index (χ0n) is 8.77. The lowest BCUT2D eigenvalue weighted by atomic mass is 9.89. The molecule has 2 saturated carbocycles. The fourth-order valence-corrected chi connectivity index (χ4v) is 3.59. The molecule has 3 unspecified atom stereocenters. The van der Waals surface area contributed by atoms with E-state index in [1.54, 1.807) is 0 Å². The molecular formula is C11H16BrN3. The summed E-state index contributed by atoms with van der Waals surface area (Å²) < 4.78 is 2.03. The molecule has 1 heterocycles. The van der Waals surface area contributed by atoms with Crippen LogP contribution in [0.2, 0.25) is 0 Å². The monoisotopic (exact) mass is 269 g/mol. The Morgan fingerprint density at radius 3 is 2.93 bits per heavy atom. The van der Waals surface area contributed by atoms with Crippen LogP contribution in [0.4, 0.5) is 0 Å². The van der Waals surface area contributed by atoms with Crippen LogP contribution >= 0.6 is 15.9 Å². The van der Waals surface area contributed by atoms with Crippen molar-refractivity contribution in [2.45, 2.75) is 37.6 Å². The maximum Gasteiger partial charge on any atom is 0.0932 e. The number of fused-ring (bicyclic) bond motifs is 2. The van der Waals surface area contributed by atoms with Gasteiger partial charge in [-0.1, -0.05) is 27.6 Å². The molecule has 2 fully saturated rings. The van der Waals surface area contributed by atoms with Gasteiger partial charge in [0.05, 0.1) is 5.69 Å². The van der Waals surface area contributed by atoms with Gasteiger partial charge in [0.1, 0.15) is 0 Å². The Bertz CT molecular complexity index is 349. The minimum absolute atomic E-state index is 0.809. The van der Waals surface area contributed by atoms with E-state index in [2.05, 4.69) is 32.4 Å². The quantitative estimate of drug-likeness (QED) is 0.790. The first-order chi connectivity index (χ1) is 7.35. The fourth-order valence-electron chi connectivity index (χ4n) is 3.33. The minimum Gasteiger partial charge on any atom is -0.252 e. The molecule has 3 rings (SSSR count). The highest BCUT2D eigenvalue weighted by Gasteiger charge is 2.39. The Balaban J connectivity index is 1.65. The highest BCUT2D eigenvalue weighted by Crippen LogP contribution is 2.48. The molecule has 2 aliphatic rings. The number of halogens is 1. The molecule has 2 bridgehead atoms. The lowest BCUT2D eigenvalue weighted by Crippen LogP contribution is -2.17. The summed E-state index contributed by atoms with van der Waals surface area (Å²) in [5, 5.41) is 9.08. The number of nitrogens with zero attached hydrogens (tertiary/aromatic N) is 3. The third-order valence-electron chi connectivity index (χ3n) is 4.03. The van der Waals surface area contributed by atoms with Gasteiger partial charge in [-0.15, -0.1) is 5.10 Å². The van der Waals surface area contributed by atoms with E-state index in [1.807, 2.05) is 4.68 Å². The smallest absolute Gasteiger partial charge is 0.0932 e. The van der Waals surface area contributed by atoms with Gasteiger partial charge in [-0.3, -0.25) is 4.68 Å². The van der Waals surface area contributed by atoms with Gasteiger partial charge in [-0.25, -0.2) is 0 Å². The maximum atomic E-state index is 4.17. The lowest BCUT2D eigenvalue weighted by molar-refractivity contribution is 0.283. The number of hydrogen-bond acceptors (Lipinski definition) is 2. The Kier molecular flexibility index (Phi) is 2.54. The number of hydrogen-bond donors (Lipinski definition) is 0. The highest BCUT2D eigenvalue weighted by atomic mass is 79.9. The fraction of sp³-hybridized carbons (Fsp3) is 0.818. The van der Waals surface area contributed by atoms with Gasteiger partial charge in [0, 0.05) is 18.1 Å². The molecule has 0 N–H and O–H groups in total. The summed E-state index contributed by atoms with van der Waals surface area (Å²) in [6, 6.07) is 0. The zero-order chi connectivity index (χ0) is 10.3.